The van der Waals surface area contributed by atoms with Crippen LogP contribution in [0.25, 0.3) is 0 Å². The number of nitrogens with two attached hydrogens (primary N) is 1. The van der Waals surface area contributed by atoms with Crippen LogP contribution >= 0.6 is 0 Å². The van der Waals surface area contributed by atoms with Crippen molar-refractivity contribution in [3.8, 4) is 0 Å². The van der Waals surface area contributed by atoms with Crippen molar-refractivity contribution in [2.24, 2.45) is 0 Å². The molecule has 0 saturated carbocycles. The Bertz CT molecular complexity index is 559. The van der Waals surface area contributed by atoms with Crippen LogP contribution in [0.1, 0.15) is 0 Å². The largest absolute Gasteiger partial charge is 0.381 e. The molecule has 0 saturated heterocycles. The number of nitrogens with zero attached hydrogens (tertiary/aromatic N) is 2. The summed E-state index contributed by atoms with van der Waals surface area (Å²) in [7, 11) is 0. The van der Waals surface area contributed by atoms with Gasteiger partial charge in [0.1, 0.15) is 5.82 Å². The van der Waals surface area contributed by atoms with Gasteiger partial charge in [-0.1, -0.05) is 0 Å². The summed E-state index contributed by atoms with van der Waals surface area (Å²) >= 11 is 0. The number of nitrogens with one attached hydrogen (secondary N) is 1. The molecular formula is C10H7F3N4. The van der Waals surface area contributed by atoms with Crippen LogP contribution in [-0.4, -0.2) is 9.97 Å². The molecule has 4 nitrogen and oxygen atoms in total. The highest BCUT2D eigenvalue weighted by molar-refractivity contribution is 5.65. The van der Waals surface area contributed by atoms with Crippen molar-refractivity contribution < 1.29 is 13.2 Å². The second-order valence-electron chi connectivity index (χ2n) is 3.16. The number of benzene rings is 1. The van der Waals surface area contributed by atoms with Crippen LogP contribution in [0.5, 0.6) is 0 Å². The standard InChI is InChI=1S/C10H7F3N4/c11-5-3-7(13)8(4-6(5)12)17-10-9(14)15-1-2-16-10/h1-4H,(H2,14,15)(H,16,17). The van der Waals surface area contributed by atoms with Gasteiger partial charge in [-0.3, -0.25) is 0 Å². The molecule has 0 aliphatic carbocycles. The molecule has 1 aromatic heterocycles. The molecule has 0 bridgehead atoms. The summed E-state index contributed by atoms with van der Waals surface area (Å²) < 4.78 is 38.9. The summed E-state index contributed by atoms with van der Waals surface area (Å²) in [5.74, 6) is -3.29. The van der Waals surface area contributed by atoms with Crippen molar-refractivity contribution in [2.75, 3.05) is 11.1 Å². The number of rotatable bonds is 2. The zero-order chi connectivity index (χ0) is 12.4. The third-order valence-corrected chi connectivity index (χ3v) is 1.99. The second-order valence-corrected chi connectivity index (χ2v) is 3.16. The molecule has 2 rings (SSSR count). The van der Waals surface area contributed by atoms with Crippen molar-refractivity contribution >= 4 is 17.3 Å². The van der Waals surface area contributed by atoms with E-state index in [0.29, 0.717) is 12.1 Å². The molecule has 0 atom stereocenters. The first-order chi connectivity index (χ1) is 8.08. The summed E-state index contributed by atoms with van der Waals surface area (Å²) in [6.07, 6.45) is 2.68. The Hall–Kier alpha value is -2.31. The van der Waals surface area contributed by atoms with Gasteiger partial charge in [0.2, 0.25) is 0 Å². The van der Waals surface area contributed by atoms with Crippen molar-refractivity contribution in [2.45, 2.75) is 0 Å². The molecule has 3 N–H and O–H groups in total. The Labute approximate surface area is 94.3 Å². The minimum absolute atomic E-state index is 0.0247. The number of halogens is 3. The van der Waals surface area contributed by atoms with E-state index in [1.165, 1.54) is 12.4 Å². The summed E-state index contributed by atoms with van der Waals surface area (Å²) in [5.41, 5.74) is 5.19. The van der Waals surface area contributed by atoms with E-state index in [2.05, 4.69) is 15.3 Å². The fourth-order valence-electron chi connectivity index (χ4n) is 1.19. The number of hydrogen-bond donors (Lipinski definition) is 2. The summed E-state index contributed by atoms with van der Waals surface area (Å²) in [5, 5.41) is 2.43. The highest BCUT2D eigenvalue weighted by Gasteiger charge is 2.11. The summed E-state index contributed by atoms with van der Waals surface area (Å²) in [4.78, 5) is 7.49. The molecule has 0 amide bonds. The van der Waals surface area contributed by atoms with Gasteiger partial charge in [-0.15, -0.1) is 0 Å². The van der Waals surface area contributed by atoms with E-state index in [-0.39, 0.29) is 17.3 Å². The average Bonchev–Trinajstić information content (AvgIpc) is 2.29. The van der Waals surface area contributed by atoms with E-state index in [4.69, 9.17) is 5.73 Å². The zero-order valence-electron chi connectivity index (χ0n) is 8.42. The van der Waals surface area contributed by atoms with Gasteiger partial charge in [0.15, 0.2) is 23.3 Å². The highest BCUT2D eigenvalue weighted by atomic mass is 19.2. The third kappa shape index (κ3) is 2.27. The Morgan fingerprint density at radius 2 is 1.59 bits per heavy atom. The molecule has 88 valence electrons. The molecule has 0 unspecified atom stereocenters. The van der Waals surface area contributed by atoms with E-state index in [1.807, 2.05) is 0 Å². The lowest BCUT2D eigenvalue weighted by molar-refractivity contribution is 0.496. The Morgan fingerprint density at radius 3 is 2.29 bits per heavy atom. The molecule has 0 aliphatic heterocycles. The van der Waals surface area contributed by atoms with Crippen molar-refractivity contribution in [1.82, 2.24) is 9.97 Å². The predicted octanol–water partition coefficient (Wildman–Crippen LogP) is 2.22. The van der Waals surface area contributed by atoms with Crippen LogP contribution in [0.15, 0.2) is 24.5 Å². The average molecular weight is 240 g/mol. The Balaban J connectivity index is 2.37. The summed E-state index contributed by atoms with van der Waals surface area (Å²) in [6.45, 7) is 0. The van der Waals surface area contributed by atoms with Gasteiger partial charge >= 0.3 is 0 Å². The van der Waals surface area contributed by atoms with Crippen LogP contribution in [-0.2, 0) is 0 Å². The third-order valence-electron chi connectivity index (χ3n) is 1.99. The predicted molar refractivity (Wildman–Crippen MR) is 56.0 cm³/mol. The number of nitrogen functional groups attached to an aromatic ring is 1. The van der Waals surface area contributed by atoms with Crippen LogP contribution in [0.4, 0.5) is 30.5 Å². The zero-order valence-corrected chi connectivity index (χ0v) is 8.42. The molecule has 7 heteroatoms. The Morgan fingerprint density at radius 1 is 0.941 bits per heavy atom. The van der Waals surface area contributed by atoms with E-state index < -0.39 is 17.5 Å². The Kier molecular flexibility index (Phi) is 2.82. The number of aromatic nitrogens is 2. The normalized spacial score (nSPS) is 10.3. The topological polar surface area (TPSA) is 63.8 Å². The molecule has 17 heavy (non-hydrogen) atoms. The summed E-state index contributed by atoms with van der Waals surface area (Å²) in [6, 6.07) is 1.11. The SMILES string of the molecule is Nc1nccnc1Nc1cc(F)c(F)cc1F. The van der Waals surface area contributed by atoms with Gasteiger partial charge < -0.3 is 11.1 Å². The van der Waals surface area contributed by atoms with Crippen molar-refractivity contribution in [3.05, 3.63) is 42.0 Å². The first-order valence-electron chi connectivity index (χ1n) is 4.56. The number of hydrogen-bond acceptors (Lipinski definition) is 4. The minimum Gasteiger partial charge on any atom is -0.381 e. The maximum Gasteiger partial charge on any atom is 0.173 e. The maximum atomic E-state index is 13.3. The van der Waals surface area contributed by atoms with E-state index in [9.17, 15) is 13.2 Å². The van der Waals surface area contributed by atoms with Crippen LogP contribution in [0, 0.1) is 17.5 Å². The molecular weight excluding hydrogens is 233 g/mol. The monoisotopic (exact) mass is 240 g/mol. The molecule has 2 aromatic rings. The van der Waals surface area contributed by atoms with Crippen molar-refractivity contribution in [1.29, 1.82) is 0 Å². The molecule has 0 aliphatic rings. The van der Waals surface area contributed by atoms with Gasteiger partial charge in [0.05, 0.1) is 5.69 Å². The van der Waals surface area contributed by atoms with Gasteiger partial charge in [-0.05, 0) is 0 Å². The smallest absolute Gasteiger partial charge is 0.173 e. The first kappa shape index (κ1) is 11.2. The maximum absolute atomic E-state index is 13.3. The lowest BCUT2D eigenvalue weighted by Gasteiger charge is -2.08. The molecule has 1 aromatic carbocycles. The first-order valence-corrected chi connectivity index (χ1v) is 4.56. The van der Waals surface area contributed by atoms with Gasteiger partial charge in [0, 0.05) is 24.5 Å². The van der Waals surface area contributed by atoms with Crippen molar-refractivity contribution in [3.63, 3.8) is 0 Å². The lowest BCUT2D eigenvalue weighted by Crippen LogP contribution is -2.03. The lowest BCUT2D eigenvalue weighted by atomic mass is 10.3. The van der Waals surface area contributed by atoms with Crippen LogP contribution in [0.2, 0.25) is 0 Å². The van der Waals surface area contributed by atoms with Crippen LogP contribution in [0.3, 0.4) is 0 Å². The van der Waals surface area contributed by atoms with E-state index >= 15 is 0 Å². The van der Waals surface area contributed by atoms with Gasteiger partial charge in [0.25, 0.3) is 0 Å². The quantitative estimate of drug-likeness (QED) is 0.790. The van der Waals surface area contributed by atoms with E-state index in [0.717, 1.165) is 0 Å². The van der Waals surface area contributed by atoms with E-state index in [1.54, 1.807) is 0 Å². The molecule has 0 radical (unpaired) electrons. The molecule has 0 spiro atoms. The van der Waals surface area contributed by atoms with Gasteiger partial charge in [-0.25, -0.2) is 23.1 Å². The number of anilines is 3. The molecule has 0 fully saturated rings. The second kappa shape index (κ2) is 4.28. The minimum atomic E-state index is -1.26. The fourth-order valence-corrected chi connectivity index (χ4v) is 1.19. The fraction of sp³-hybridized carbons (Fsp3) is 0. The molecule has 1 heterocycles. The highest BCUT2D eigenvalue weighted by Crippen LogP contribution is 2.23. The van der Waals surface area contributed by atoms with Gasteiger partial charge in [-0.2, -0.15) is 0 Å². The van der Waals surface area contributed by atoms with Crippen LogP contribution < -0.4 is 11.1 Å².